The van der Waals surface area contributed by atoms with Crippen molar-refractivity contribution in [3.63, 3.8) is 0 Å². The zero-order chi connectivity index (χ0) is 13.2. The van der Waals surface area contributed by atoms with E-state index in [1.54, 1.807) is 6.92 Å². The highest BCUT2D eigenvalue weighted by Crippen LogP contribution is 2.42. The molecule has 0 amide bonds. The molecule has 0 atom stereocenters. The van der Waals surface area contributed by atoms with Crippen molar-refractivity contribution < 1.29 is 19.7 Å². The normalized spacial score (nSPS) is 10.0. The first-order valence-electron chi connectivity index (χ1n) is 4.68. The molecule has 1 N–H and O–H groups in total. The first kappa shape index (κ1) is 12.7. The van der Waals surface area contributed by atoms with Crippen LogP contribution in [0.25, 0.3) is 0 Å². The Bertz CT molecular complexity index is 485. The van der Waals surface area contributed by atoms with Crippen molar-refractivity contribution >= 4 is 11.4 Å². The monoisotopic (exact) mass is 242 g/mol. The first-order valence-corrected chi connectivity index (χ1v) is 4.68. The molecule has 92 valence electrons. The van der Waals surface area contributed by atoms with Crippen LogP contribution in [0.3, 0.4) is 0 Å². The number of hydrogen-bond acceptors (Lipinski definition) is 6. The van der Waals surface area contributed by atoms with Gasteiger partial charge in [-0.05, 0) is 13.8 Å². The van der Waals surface area contributed by atoms with E-state index in [9.17, 15) is 25.3 Å². The van der Waals surface area contributed by atoms with Crippen LogP contribution in [0.15, 0.2) is 6.07 Å². The van der Waals surface area contributed by atoms with E-state index in [4.69, 9.17) is 4.74 Å². The van der Waals surface area contributed by atoms with Gasteiger partial charge in [0, 0.05) is 5.56 Å². The molecule has 0 aromatic heterocycles. The molecule has 0 radical (unpaired) electrons. The number of benzene rings is 1. The lowest BCUT2D eigenvalue weighted by atomic mass is 10.1. The summed E-state index contributed by atoms with van der Waals surface area (Å²) in [6.07, 6.45) is 0. The highest BCUT2D eigenvalue weighted by Gasteiger charge is 2.28. The van der Waals surface area contributed by atoms with Crippen LogP contribution in [0.5, 0.6) is 11.5 Å². The fraction of sp³-hybridized carbons (Fsp3) is 0.333. The summed E-state index contributed by atoms with van der Waals surface area (Å²) in [5.41, 5.74) is -1.26. The van der Waals surface area contributed by atoms with Crippen molar-refractivity contribution in [2.45, 2.75) is 13.8 Å². The van der Waals surface area contributed by atoms with Gasteiger partial charge in [-0.25, -0.2) is 0 Å². The highest BCUT2D eigenvalue weighted by molar-refractivity contribution is 5.66. The predicted molar refractivity (Wildman–Crippen MR) is 57.3 cm³/mol. The molecular formula is C9H10N2O6. The molecule has 0 fully saturated rings. The SMILES string of the molecule is CCOc1c([N+](=O)[O-])cc([N+](=O)[O-])c(O)c1C. The van der Waals surface area contributed by atoms with Gasteiger partial charge < -0.3 is 9.84 Å². The third kappa shape index (κ3) is 2.25. The van der Waals surface area contributed by atoms with E-state index >= 15 is 0 Å². The molecule has 8 heteroatoms. The van der Waals surface area contributed by atoms with E-state index in [2.05, 4.69) is 0 Å². The zero-order valence-electron chi connectivity index (χ0n) is 9.17. The standard InChI is InChI=1S/C9H10N2O6/c1-3-17-9-5(2)8(12)6(10(13)14)4-7(9)11(15)16/h4,12H,3H2,1-2H3. The number of hydrogen-bond donors (Lipinski definition) is 1. The maximum Gasteiger partial charge on any atom is 0.318 e. The van der Waals surface area contributed by atoms with Crippen LogP contribution >= 0.6 is 0 Å². The van der Waals surface area contributed by atoms with Gasteiger partial charge in [-0.1, -0.05) is 0 Å². The Kier molecular flexibility index (Phi) is 3.46. The number of phenols is 1. The molecule has 0 unspecified atom stereocenters. The fourth-order valence-corrected chi connectivity index (χ4v) is 1.36. The second-order valence-electron chi connectivity index (χ2n) is 3.16. The number of nitro groups is 2. The van der Waals surface area contributed by atoms with Crippen LogP contribution in [-0.4, -0.2) is 21.6 Å². The minimum Gasteiger partial charge on any atom is -0.502 e. The lowest BCUT2D eigenvalue weighted by molar-refractivity contribution is -0.395. The maximum atomic E-state index is 10.8. The van der Waals surface area contributed by atoms with Crippen LogP contribution in [-0.2, 0) is 0 Å². The topological polar surface area (TPSA) is 116 Å². The molecular weight excluding hydrogens is 232 g/mol. The van der Waals surface area contributed by atoms with E-state index in [-0.39, 0.29) is 17.9 Å². The average molecular weight is 242 g/mol. The van der Waals surface area contributed by atoms with E-state index in [1.807, 2.05) is 0 Å². The summed E-state index contributed by atoms with van der Waals surface area (Å²) in [6, 6.07) is 0.688. The third-order valence-electron chi connectivity index (χ3n) is 2.13. The summed E-state index contributed by atoms with van der Waals surface area (Å²) in [6.45, 7) is 3.08. The van der Waals surface area contributed by atoms with Gasteiger partial charge in [0.15, 0.2) is 0 Å². The number of aromatic hydroxyl groups is 1. The summed E-state index contributed by atoms with van der Waals surface area (Å²) in [7, 11) is 0. The van der Waals surface area contributed by atoms with E-state index in [0.717, 1.165) is 0 Å². The zero-order valence-corrected chi connectivity index (χ0v) is 9.17. The lowest BCUT2D eigenvalue weighted by Crippen LogP contribution is -2.02. The van der Waals surface area contributed by atoms with Crippen molar-refractivity contribution in [3.05, 3.63) is 31.9 Å². The summed E-state index contributed by atoms with van der Waals surface area (Å²) in [4.78, 5) is 19.7. The molecule has 1 rings (SSSR count). The molecule has 0 aliphatic rings. The van der Waals surface area contributed by atoms with Crippen LogP contribution in [0.1, 0.15) is 12.5 Å². The van der Waals surface area contributed by atoms with Crippen LogP contribution in [0.4, 0.5) is 11.4 Å². The molecule has 0 aliphatic heterocycles. The van der Waals surface area contributed by atoms with Gasteiger partial charge in [0.1, 0.15) is 6.07 Å². The number of nitrogens with zero attached hydrogens (tertiary/aromatic N) is 2. The summed E-state index contributed by atoms with van der Waals surface area (Å²) in [5.74, 6) is -0.773. The molecule has 0 aliphatic carbocycles. The molecule has 0 saturated carbocycles. The van der Waals surface area contributed by atoms with Crippen molar-refractivity contribution in [1.82, 2.24) is 0 Å². The number of nitro benzene ring substituents is 2. The second-order valence-corrected chi connectivity index (χ2v) is 3.16. The van der Waals surface area contributed by atoms with Crippen LogP contribution in [0, 0.1) is 27.2 Å². The lowest BCUT2D eigenvalue weighted by Gasteiger charge is -2.09. The summed E-state index contributed by atoms with van der Waals surface area (Å²) >= 11 is 0. The number of ether oxygens (including phenoxy) is 1. The molecule has 0 saturated heterocycles. The van der Waals surface area contributed by atoms with Crippen LogP contribution in [0.2, 0.25) is 0 Å². The smallest absolute Gasteiger partial charge is 0.318 e. The quantitative estimate of drug-likeness (QED) is 0.636. The third-order valence-corrected chi connectivity index (χ3v) is 2.13. The second kappa shape index (κ2) is 4.64. The van der Waals surface area contributed by atoms with Gasteiger partial charge in [0.25, 0.3) is 0 Å². The Balaban J connectivity index is 3.56. The van der Waals surface area contributed by atoms with Gasteiger partial charge in [0.05, 0.1) is 16.5 Å². The average Bonchev–Trinajstić information content (AvgIpc) is 2.24. The van der Waals surface area contributed by atoms with Crippen molar-refractivity contribution in [2.24, 2.45) is 0 Å². The van der Waals surface area contributed by atoms with Crippen LogP contribution < -0.4 is 4.74 Å². The van der Waals surface area contributed by atoms with Gasteiger partial charge in [-0.2, -0.15) is 0 Å². The number of phenolic OH excluding ortho intramolecular Hbond substituents is 1. The first-order chi connectivity index (χ1) is 7.90. The Morgan fingerprint density at radius 2 is 1.82 bits per heavy atom. The van der Waals surface area contributed by atoms with Crippen molar-refractivity contribution in [3.8, 4) is 11.5 Å². The molecule has 0 bridgehead atoms. The van der Waals surface area contributed by atoms with E-state index in [1.165, 1.54) is 6.92 Å². The van der Waals surface area contributed by atoms with Gasteiger partial charge in [-0.15, -0.1) is 0 Å². The molecule has 0 spiro atoms. The largest absolute Gasteiger partial charge is 0.502 e. The van der Waals surface area contributed by atoms with E-state index < -0.39 is 27.0 Å². The fourth-order valence-electron chi connectivity index (χ4n) is 1.36. The minimum absolute atomic E-state index is 0.0206. The molecule has 0 heterocycles. The Morgan fingerprint density at radius 3 is 2.24 bits per heavy atom. The Morgan fingerprint density at radius 1 is 1.29 bits per heavy atom. The van der Waals surface area contributed by atoms with E-state index in [0.29, 0.717) is 6.07 Å². The maximum absolute atomic E-state index is 10.8. The van der Waals surface area contributed by atoms with Gasteiger partial charge >= 0.3 is 11.4 Å². The summed E-state index contributed by atoms with van der Waals surface area (Å²) < 4.78 is 5.02. The molecule has 1 aromatic carbocycles. The minimum atomic E-state index is -0.884. The Labute approximate surface area is 95.7 Å². The van der Waals surface area contributed by atoms with Crippen molar-refractivity contribution in [1.29, 1.82) is 0 Å². The Hall–Kier alpha value is -2.38. The highest BCUT2D eigenvalue weighted by atomic mass is 16.6. The van der Waals surface area contributed by atoms with Gasteiger partial charge in [-0.3, -0.25) is 20.2 Å². The predicted octanol–water partition coefficient (Wildman–Crippen LogP) is 1.92. The molecule has 8 nitrogen and oxygen atoms in total. The number of rotatable bonds is 4. The molecule has 1 aromatic rings. The van der Waals surface area contributed by atoms with Gasteiger partial charge in [0.2, 0.25) is 11.5 Å². The molecule has 17 heavy (non-hydrogen) atoms. The summed E-state index contributed by atoms with van der Waals surface area (Å²) in [5, 5.41) is 30.9. The van der Waals surface area contributed by atoms with Crippen molar-refractivity contribution in [2.75, 3.05) is 6.61 Å².